The lowest BCUT2D eigenvalue weighted by Gasteiger charge is -2.09. The monoisotopic (exact) mass is 206 g/mol. The van der Waals surface area contributed by atoms with Gasteiger partial charge in [-0.25, -0.2) is 4.98 Å². The van der Waals surface area contributed by atoms with Crippen molar-refractivity contribution in [1.82, 2.24) is 9.88 Å². The molecule has 1 aromatic heterocycles. The number of benzene rings is 1. The molecule has 0 unspecified atom stereocenters. The van der Waals surface area contributed by atoms with Crippen molar-refractivity contribution in [2.75, 3.05) is 14.1 Å². The minimum Gasteiger partial charge on any atom is -0.305 e. The van der Waals surface area contributed by atoms with E-state index in [9.17, 15) is 0 Å². The Balaban J connectivity index is 2.53. The smallest absolute Gasteiger partial charge is 0.0907 e. The van der Waals surface area contributed by atoms with E-state index in [1.165, 1.54) is 15.8 Å². The van der Waals surface area contributed by atoms with Crippen LogP contribution in [0.3, 0.4) is 0 Å². The van der Waals surface area contributed by atoms with Crippen LogP contribution in [0.2, 0.25) is 0 Å². The Morgan fingerprint density at radius 1 is 1.36 bits per heavy atom. The third kappa shape index (κ3) is 1.79. The van der Waals surface area contributed by atoms with Crippen molar-refractivity contribution in [2.24, 2.45) is 0 Å². The Morgan fingerprint density at radius 3 is 2.86 bits per heavy atom. The first-order valence-electron chi connectivity index (χ1n) is 4.66. The molecule has 0 saturated heterocycles. The average molecular weight is 206 g/mol. The minimum absolute atomic E-state index is 0.959. The van der Waals surface area contributed by atoms with Gasteiger partial charge in [0.15, 0.2) is 0 Å². The van der Waals surface area contributed by atoms with Crippen LogP contribution < -0.4 is 0 Å². The first-order chi connectivity index (χ1) is 6.66. The molecule has 0 N–H and O–H groups in total. The van der Waals surface area contributed by atoms with Crippen LogP contribution in [0, 0.1) is 6.92 Å². The van der Waals surface area contributed by atoms with Crippen molar-refractivity contribution >= 4 is 21.6 Å². The number of nitrogens with zero attached hydrogens (tertiary/aromatic N) is 2. The fraction of sp³-hybridized carbons (Fsp3) is 0.364. The van der Waals surface area contributed by atoms with E-state index in [-0.39, 0.29) is 0 Å². The fourth-order valence-electron chi connectivity index (χ4n) is 1.58. The van der Waals surface area contributed by atoms with Gasteiger partial charge in [0.1, 0.15) is 0 Å². The molecule has 0 amide bonds. The Bertz CT molecular complexity index is 445. The SMILES string of the molecule is Cc1nc2c(CN(C)C)cccc2s1. The molecule has 3 heteroatoms. The zero-order valence-corrected chi connectivity index (χ0v) is 9.56. The van der Waals surface area contributed by atoms with Crippen molar-refractivity contribution in [3.8, 4) is 0 Å². The Kier molecular flexibility index (Phi) is 2.52. The van der Waals surface area contributed by atoms with Crippen LogP contribution in [0.15, 0.2) is 18.2 Å². The first kappa shape index (κ1) is 9.62. The van der Waals surface area contributed by atoms with Crippen molar-refractivity contribution in [2.45, 2.75) is 13.5 Å². The Labute approximate surface area is 88.2 Å². The molecule has 1 aromatic carbocycles. The molecule has 1 heterocycles. The average Bonchev–Trinajstić information content (AvgIpc) is 2.45. The van der Waals surface area contributed by atoms with E-state index >= 15 is 0 Å². The van der Waals surface area contributed by atoms with Crippen LogP contribution in [0.5, 0.6) is 0 Å². The summed E-state index contributed by atoms with van der Waals surface area (Å²) in [5.74, 6) is 0. The fourth-order valence-corrected chi connectivity index (χ4v) is 2.46. The second-order valence-electron chi connectivity index (χ2n) is 3.73. The zero-order valence-electron chi connectivity index (χ0n) is 8.74. The molecule has 2 nitrogen and oxygen atoms in total. The van der Waals surface area contributed by atoms with E-state index in [0.29, 0.717) is 0 Å². The highest BCUT2D eigenvalue weighted by atomic mass is 32.1. The quantitative estimate of drug-likeness (QED) is 0.751. The third-order valence-corrected chi connectivity index (χ3v) is 3.03. The van der Waals surface area contributed by atoms with E-state index < -0.39 is 0 Å². The molecule has 0 spiro atoms. The summed E-state index contributed by atoms with van der Waals surface area (Å²) in [7, 11) is 4.16. The second-order valence-corrected chi connectivity index (χ2v) is 4.97. The molecule has 0 atom stereocenters. The molecular weight excluding hydrogens is 192 g/mol. The molecule has 0 saturated carbocycles. The molecule has 0 radical (unpaired) electrons. The van der Waals surface area contributed by atoms with Gasteiger partial charge in [0.2, 0.25) is 0 Å². The van der Waals surface area contributed by atoms with Gasteiger partial charge in [-0.2, -0.15) is 0 Å². The van der Waals surface area contributed by atoms with Gasteiger partial charge in [0, 0.05) is 6.54 Å². The molecule has 0 fully saturated rings. The summed E-state index contributed by atoms with van der Waals surface area (Å²) in [5.41, 5.74) is 2.49. The molecule has 14 heavy (non-hydrogen) atoms. The van der Waals surface area contributed by atoms with Crippen LogP contribution in [0.1, 0.15) is 10.6 Å². The molecule has 0 aliphatic carbocycles. The normalized spacial score (nSPS) is 11.4. The van der Waals surface area contributed by atoms with Gasteiger partial charge < -0.3 is 4.90 Å². The predicted molar refractivity (Wildman–Crippen MR) is 61.7 cm³/mol. The van der Waals surface area contributed by atoms with Gasteiger partial charge in [-0.05, 0) is 32.6 Å². The van der Waals surface area contributed by atoms with Gasteiger partial charge in [-0.3, -0.25) is 0 Å². The summed E-state index contributed by atoms with van der Waals surface area (Å²) in [4.78, 5) is 6.73. The lowest BCUT2D eigenvalue weighted by molar-refractivity contribution is 0.404. The number of para-hydroxylation sites is 1. The lowest BCUT2D eigenvalue weighted by Crippen LogP contribution is -2.10. The maximum Gasteiger partial charge on any atom is 0.0907 e. The summed E-state index contributed by atoms with van der Waals surface area (Å²) < 4.78 is 1.29. The van der Waals surface area contributed by atoms with E-state index in [0.717, 1.165) is 11.6 Å². The first-order valence-corrected chi connectivity index (χ1v) is 5.48. The summed E-state index contributed by atoms with van der Waals surface area (Å²) in [6, 6.07) is 6.40. The maximum absolute atomic E-state index is 4.56. The minimum atomic E-state index is 0.959. The highest BCUT2D eigenvalue weighted by Gasteiger charge is 2.05. The highest BCUT2D eigenvalue weighted by Crippen LogP contribution is 2.24. The molecular formula is C11H14N2S. The summed E-state index contributed by atoms with van der Waals surface area (Å²) >= 11 is 1.76. The highest BCUT2D eigenvalue weighted by molar-refractivity contribution is 7.18. The third-order valence-electron chi connectivity index (χ3n) is 2.10. The number of hydrogen-bond acceptors (Lipinski definition) is 3. The van der Waals surface area contributed by atoms with Gasteiger partial charge in [-0.1, -0.05) is 12.1 Å². The van der Waals surface area contributed by atoms with E-state index in [4.69, 9.17) is 0 Å². The second kappa shape index (κ2) is 3.67. The number of thiazole rings is 1. The molecule has 0 aliphatic rings. The van der Waals surface area contributed by atoms with Gasteiger partial charge >= 0.3 is 0 Å². The number of aryl methyl sites for hydroxylation is 1. The number of hydrogen-bond donors (Lipinski definition) is 0. The van der Waals surface area contributed by atoms with Crippen molar-refractivity contribution in [3.05, 3.63) is 28.8 Å². The molecule has 74 valence electrons. The Morgan fingerprint density at radius 2 is 2.14 bits per heavy atom. The summed E-state index contributed by atoms with van der Waals surface area (Å²) in [6.07, 6.45) is 0. The van der Waals surface area contributed by atoms with Crippen molar-refractivity contribution < 1.29 is 0 Å². The van der Waals surface area contributed by atoms with E-state index in [1.54, 1.807) is 11.3 Å². The van der Waals surface area contributed by atoms with Crippen LogP contribution in [0.4, 0.5) is 0 Å². The molecule has 0 aliphatic heterocycles. The number of rotatable bonds is 2. The van der Waals surface area contributed by atoms with E-state index in [2.05, 4.69) is 49.1 Å². The van der Waals surface area contributed by atoms with Gasteiger partial charge in [0.05, 0.1) is 15.2 Å². The van der Waals surface area contributed by atoms with Gasteiger partial charge in [-0.15, -0.1) is 11.3 Å². The van der Waals surface area contributed by atoms with Gasteiger partial charge in [0.25, 0.3) is 0 Å². The molecule has 2 aromatic rings. The maximum atomic E-state index is 4.56. The van der Waals surface area contributed by atoms with E-state index in [1.807, 2.05) is 0 Å². The molecule has 0 bridgehead atoms. The predicted octanol–water partition coefficient (Wildman–Crippen LogP) is 2.67. The van der Waals surface area contributed by atoms with Crippen LogP contribution in [-0.4, -0.2) is 24.0 Å². The van der Waals surface area contributed by atoms with Crippen LogP contribution >= 0.6 is 11.3 Å². The standard InChI is InChI=1S/C11H14N2S/c1-8-12-11-9(7-13(2)3)5-4-6-10(11)14-8/h4-6H,7H2,1-3H3. The largest absolute Gasteiger partial charge is 0.305 e. The van der Waals surface area contributed by atoms with Crippen LogP contribution in [-0.2, 0) is 6.54 Å². The van der Waals surface area contributed by atoms with Crippen molar-refractivity contribution in [3.63, 3.8) is 0 Å². The molecule has 2 rings (SSSR count). The summed E-state index contributed by atoms with van der Waals surface area (Å²) in [5, 5.41) is 1.14. The van der Waals surface area contributed by atoms with Crippen LogP contribution in [0.25, 0.3) is 10.2 Å². The zero-order chi connectivity index (χ0) is 10.1. The number of aromatic nitrogens is 1. The number of fused-ring (bicyclic) bond motifs is 1. The topological polar surface area (TPSA) is 16.1 Å². The lowest BCUT2D eigenvalue weighted by atomic mass is 10.2. The van der Waals surface area contributed by atoms with Crippen molar-refractivity contribution in [1.29, 1.82) is 0 Å². The Hall–Kier alpha value is -0.930. The summed E-state index contributed by atoms with van der Waals surface area (Å²) in [6.45, 7) is 3.02.